The molecule has 0 spiro atoms. The van der Waals surface area contributed by atoms with E-state index in [0.717, 1.165) is 39.0 Å². The Labute approximate surface area is 157 Å². The molecule has 0 aliphatic rings. The predicted molar refractivity (Wildman–Crippen MR) is 108 cm³/mol. The molecule has 1 aromatic heterocycles. The van der Waals surface area contributed by atoms with Gasteiger partial charge in [0.05, 0.1) is 12.3 Å². The van der Waals surface area contributed by atoms with Gasteiger partial charge in [0.25, 0.3) is 0 Å². The van der Waals surface area contributed by atoms with Gasteiger partial charge in [-0.05, 0) is 75.2 Å². The fraction of sp³-hybridized carbons (Fsp3) is 0.238. The van der Waals surface area contributed by atoms with Crippen molar-refractivity contribution >= 4 is 27.9 Å². The Morgan fingerprint density at radius 2 is 1.88 bits per heavy atom. The number of hydrogen-bond acceptors (Lipinski definition) is 5. The summed E-state index contributed by atoms with van der Waals surface area (Å²) in [5.74, 6) is 0.988. The van der Waals surface area contributed by atoms with E-state index in [1.54, 1.807) is 18.3 Å². The maximum atomic E-state index is 11.4. The highest BCUT2D eigenvalue weighted by Crippen LogP contribution is 2.33. The Morgan fingerprint density at radius 1 is 1.15 bits per heavy atom. The number of thiazole rings is 1. The minimum absolute atomic E-state index is 0.0643. The third-order valence-electron chi connectivity index (χ3n) is 4.14. The molecule has 1 N–H and O–H groups in total. The number of aromatic nitrogens is 1. The SMILES string of the molecule is CCOc1cc(C)c(-c2csc(Nc3ccc(C(C)=O)cc3)n2)cc1C. The molecule has 1 heterocycles. The summed E-state index contributed by atoms with van der Waals surface area (Å²) in [6.07, 6.45) is 0. The first-order valence-electron chi connectivity index (χ1n) is 8.56. The van der Waals surface area contributed by atoms with Crippen molar-refractivity contribution in [1.82, 2.24) is 4.98 Å². The van der Waals surface area contributed by atoms with E-state index in [2.05, 4.69) is 31.3 Å². The summed E-state index contributed by atoms with van der Waals surface area (Å²) in [5, 5.41) is 6.17. The van der Waals surface area contributed by atoms with Crippen LogP contribution in [0, 0.1) is 13.8 Å². The van der Waals surface area contributed by atoms with Crippen LogP contribution < -0.4 is 10.1 Å². The molecule has 2 aromatic carbocycles. The number of nitrogens with one attached hydrogen (secondary N) is 1. The number of benzene rings is 2. The van der Waals surface area contributed by atoms with Gasteiger partial charge < -0.3 is 10.1 Å². The van der Waals surface area contributed by atoms with Crippen LogP contribution in [0.5, 0.6) is 5.75 Å². The predicted octanol–water partition coefficient (Wildman–Crippen LogP) is 5.77. The molecule has 0 fully saturated rings. The molecule has 0 saturated heterocycles. The van der Waals surface area contributed by atoms with Crippen molar-refractivity contribution in [3.8, 4) is 17.0 Å². The summed E-state index contributed by atoms with van der Waals surface area (Å²) in [7, 11) is 0. The molecule has 3 rings (SSSR count). The molecule has 0 saturated carbocycles. The highest BCUT2D eigenvalue weighted by Gasteiger charge is 2.11. The van der Waals surface area contributed by atoms with Crippen molar-refractivity contribution in [1.29, 1.82) is 0 Å². The first-order valence-corrected chi connectivity index (χ1v) is 9.44. The van der Waals surface area contributed by atoms with E-state index in [0.29, 0.717) is 12.2 Å². The Morgan fingerprint density at radius 3 is 2.54 bits per heavy atom. The van der Waals surface area contributed by atoms with Crippen LogP contribution in [0.4, 0.5) is 10.8 Å². The molecular weight excluding hydrogens is 344 g/mol. The minimum atomic E-state index is 0.0643. The lowest BCUT2D eigenvalue weighted by Gasteiger charge is -2.11. The molecule has 0 amide bonds. The quantitative estimate of drug-likeness (QED) is 0.563. The van der Waals surface area contributed by atoms with Gasteiger partial charge in [-0.1, -0.05) is 0 Å². The number of aryl methyl sites for hydroxylation is 2. The summed E-state index contributed by atoms with van der Waals surface area (Å²) < 4.78 is 5.66. The fourth-order valence-electron chi connectivity index (χ4n) is 2.74. The zero-order chi connectivity index (χ0) is 18.7. The number of anilines is 2. The standard InChI is InChI=1S/C21H22N2O2S/c1-5-25-20-11-13(2)18(10-14(20)3)19-12-26-21(23-19)22-17-8-6-16(7-9-17)15(4)24/h6-12H,5H2,1-4H3,(H,22,23). The third-order valence-corrected chi connectivity index (χ3v) is 4.90. The largest absolute Gasteiger partial charge is 0.494 e. The summed E-state index contributed by atoms with van der Waals surface area (Å²) in [4.78, 5) is 16.1. The second kappa shape index (κ2) is 7.70. The van der Waals surface area contributed by atoms with E-state index in [1.165, 1.54) is 0 Å². The van der Waals surface area contributed by atoms with E-state index in [-0.39, 0.29) is 5.78 Å². The Balaban J connectivity index is 1.81. The molecule has 0 bridgehead atoms. The fourth-order valence-corrected chi connectivity index (χ4v) is 3.47. The Kier molecular flexibility index (Phi) is 5.38. The van der Waals surface area contributed by atoms with Gasteiger partial charge in [-0.25, -0.2) is 4.98 Å². The van der Waals surface area contributed by atoms with Crippen molar-refractivity contribution in [2.45, 2.75) is 27.7 Å². The van der Waals surface area contributed by atoms with Gasteiger partial charge in [0.15, 0.2) is 10.9 Å². The first kappa shape index (κ1) is 18.1. The number of carbonyl (C=O) groups is 1. The van der Waals surface area contributed by atoms with Crippen molar-refractivity contribution in [2.24, 2.45) is 0 Å². The molecular formula is C21H22N2O2S. The van der Waals surface area contributed by atoms with Crippen LogP contribution in [0.15, 0.2) is 41.8 Å². The van der Waals surface area contributed by atoms with Gasteiger partial charge in [-0.2, -0.15) is 0 Å². The summed E-state index contributed by atoms with van der Waals surface area (Å²) in [6.45, 7) is 8.34. The van der Waals surface area contributed by atoms with Crippen LogP contribution in [0.25, 0.3) is 11.3 Å². The zero-order valence-electron chi connectivity index (χ0n) is 15.4. The zero-order valence-corrected chi connectivity index (χ0v) is 16.2. The summed E-state index contributed by atoms with van der Waals surface area (Å²) in [6, 6.07) is 11.6. The van der Waals surface area contributed by atoms with Crippen LogP contribution in [0.1, 0.15) is 35.3 Å². The number of nitrogens with zero attached hydrogens (tertiary/aromatic N) is 1. The lowest BCUT2D eigenvalue weighted by molar-refractivity contribution is 0.101. The molecule has 0 unspecified atom stereocenters. The molecule has 0 aliphatic carbocycles. The van der Waals surface area contributed by atoms with Gasteiger partial charge in [-0.3, -0.25) is 4.79 Å². The molecule has 0 atom stereocenters. The van der Waals surface area contributed by atoms with Crippen LogP contribution >= 0.6 is 11.3 Å². The number of carbonyl (C=O) groups excluding carboxylic acids is 1. The highest BCUT2D eigenvalue weighted by atomic mass is 32.1. The van der Waals surface area contributed by atoms with Crippen LogP contribution in [0.3, 0.4) is 0 Å². The number of rotatable bonds is 6. The second-order valence-electron chi connectivity index (χ2n) is 6.16. The monoisotopic (exact) mass is 366 g/mol. The van der Waals surface area contributed by atoms with E-state index in [4.69, 9.17) is 9.72 Å². The van der Waals surface area contributed by atoms with Crippen LogP contribution in [-0.2, 0) is 0 Å². The van der Waals surface area contributed by atoms with Gasteiger partial charge >= 0.3 is 0 Å². The van der Waals surface area contributed by atoms with Gasteiger partial charge in [0.1, 0.15) is 5.75 Å². The average Bonchev–Trinajstić information content (AvgIpc) is 3.06. The topological polar surface area (TPSA) is 51.2 Å². The van der Waals surface area contributed by atoms with Crippen LogP contribution in [-0.4, -0.2) is 17.4 Å². The number of hydrogen-bond donors (Lipinski definition) is 1. The highest BCUT2D eigenvalue weighted by molar-refractivity contribution is 7.14. The van der Waals surface area contributed by atoms with Crippen molar-refractivity contribution in [2.75, 3.05) is 11.9 Å². The molecule has 134 valence electrons. The van der Waals surface area contributed by atoms with Gasteiger partial charge in [0, 0.05) is 22.2 Å². The first-order chi connectivity index (χ1) is 12.5. The Bertz CT molecular complexity index is 930. The molecule has 0 aliphatic heterocycles. The van der Waals surface area contributed by atoms with Crippen molar-refractivity contribution in [3.63, 3.8) is 0 Å². The average molecular weight is 366 g/mol. The Hall–Kier alpha value is -2.66. The van der Waals surface area contributed by atoms with E-state index < -0.39 is 0 Å². The third kappa shape index (κ3) is 3.94. The number of ether oxygens (including phenoxy) is 1. The maximum absolute atomic E-state index is 11.4. The molecule has 26 heavy (non-hydrogen) atoms. The van der Waals surface area contributed by atoms with Crippen molar-refractivity contribution in [3.05, 3.63) is 58.5 Å². The normalized spacial score (nSPS) is 10.6. The number of ketones is 1. The molecule has 3 aromatic rings. The molecule has 4 nitrogen and oxygen atoms in total. The summed E-state index contributed by atoms with van der Waals surface area (Å²) in [5.41, 5.74) is 5.92. The van der Waals surface area contributed by atoms with E-state index >= 15 is 0 Å². The molecule has 0 radical (unpaired) electrons. The lowest BCUT2D eigenvalue weighted by atomic mass is 10.0. The van der Waals surface area contributed by atoms with Crippen LogP contribution in [0.2, 0.25) is 0 Å². The maximum Gasteiger partial charge on any atom is 0.187 e. The van der Waals surface area contributed by atoms with Gasteiger partial charge in [-0.15, -0.1) is 11.3 Å². The van der Waals surface area contributed by atoms with Crippen molar-refractivity contribution < 1.29 is 9.53 Å². The number of Topliss-reactive ketones (excluding diaryl/α,β-unsaturated/α-hetero) is 1. The smallest absolute Gasteiger partial charge is 0.187 e. The second-order valence-corrected chi connectivity index (χ2v) is 7.02. The lowest BCUT2D eigenvalue weighted by Crippen LogP contribution is -1.96. The van der Waals surface area contributed by atoms with E-state index in [1.807, 2.05) is 36.6 Å². The summed E-state index contributed by atoms with van der Waals surface area (Å²) >= 11 is 1.56. The van der Waals surface area contributed by atoms with E-state index in [9.17, 15) is 4.79 Å². The minimum Gasteiger partial charge on any atom is -0.494 e. The molecule has 5 heteroatoms. The van der Waals surface area contributed by atoms with Gasteiger partial charge in [0.2, 0.25) is 0 Å².